The lowest BCUT2D eigenvalue weighted by Crippen LogP contribution is -2.26. The number of fused-ring (bicyclic) bond motifs is 1. The number of aryl methyl sites for hydroxylation is 1. The van der Waals surface area contributed by atoms with Gasteiger partial charge in [-0.15, -0.1) is 0 Å². The maximum absolute atomic E-state index is 12.3. The number of benzene rings is 2. The lowest BCUT2D eigenvalue weighted by atomic mass is 10.1. The Morgan fingerprint density at radius 2 is 1.75 bits per heavy atom. The van der Waals surface area contributed by atoms with Crippen LogP contribution in [0.2, 0.25) is 0 Å². The highest BCUT2D eigenvalue weighted by atomic mass is 16.4. The van der Waals surface area contributed by atoms with Crippen LogP contribution in [0, 0.1) is 6.92 Å². The van der Waals surface area contributed by atoms with Crippen LogP contribution in [0.25, 0.3) is 11.0 Å². The predicted molar refractivity (Wildman–Crippen MR) is 85.9 cm³/mol. The molecule has 6 nitrogen and oxygen atoms in total. The monoisotopic (exact) mass is 322 g/mol. The molecule has 3 aromatic rings. The van der Waals surface area contributed by atoms with Crippen molar-refractivity contribution in [2.45, 2.75) is 6.92 Å². The molecular weight excluding hydrogens is 310 g/mol. The zero-order valence-corrected chi connectivity index (χ0v) is 12.7. The van der Waals surface area contributed by atoms with Gasteiger partial charge >= 0.3 is 5.63 Å². The van der Waals surface area contributed by atoms with Gasteiger partial charge < -0.3 is 19.6 Å². The highest BCUT2D eigenvalue weighted by Gasteiger charge is 2.12. The summed E-state index contributed by atoms with van der Waals surface area (Å²) in [6.07, 6.45) is 0. The van der Waals surface area contributed by atoms with E-state index in [1.165, 1.54) is 30.3 Å². The summed E-state index contributed by atoms with van der Waals surface area (Å²) in [5, 5.41) is 14.4. The number of carbonyl (C=O) groups is 2. The Hall–Kier alpha value is -3.41. The van der Waals surface area contributed by atoms with Crippen molar-refractivity contribution in [2.24, 2.45) is 0 Å². The summed E-state index contributed by atoms with van der Waals surface area (Å²) in [4.78, 5) is 34.9. The van der Waals surface area contributed by atoms with Crippen LogP contribution in [0.5, 0.6) is 0 Å². The van der Waals surface area contributed by atoms with Crippen LogP contribution in [-0.4, -0.2) is 11.9 Å². The maximum atomic E-state index is 12.3. The fourth-order valence-corrected chi connectivity index (χ4v) is 2.46. The summed E-state index contributed by atoms with van der Waals surface area (Å²) in [6, 6.07) is 12.0. The predicted octanol–water partition coefficient (Wildman–Crippen LogP) is 1.72. The van der Waals surface area contributed by atoms with Gasteiger partial charge in [0.25, 0.3) is 5.91 Å². The molecule has 0 spiro atoms. The molecule has 0 fully saturated rings. The van der Waals surface area contributed by atoms with Gasteiger partial charge in [0.2, 0.25) is 0 Å². The summed E-state index contributed by atoms with van der Waals surface area (Å²) in [5.74, 6) is -2.02. The Morgan fingerprint density at radius 1 is 1.04 bits per heavy atom. The molecule has 24 heavy (non-hydrogen) atoms. The second kappa shape index (κ2) is 6.00. The fraction of sp³-hybridized carbons (Fsp3) is 0.0556. The van der Waals surface area contributed by atoms with E-state index in [1.807, 2.05) is 0 Å². The molecule has 120 valence electrons. The maximum Gasteiger partial charge on any atom is 0.336 e. The molecule has 1 amide bonds. The minimum absolute atomic E-state index is 0.0108. The van der Waals surface area contributed by atoms with Gasteiger partial charge in [0, 0.05) is 34.3 Å². The summed E-state index contributed by atoms with van der Waals surface area (Å²) in [5.41, 5.74) is 0.800. The summed E-state index contributed by atoms with van der Waals surface area (Å²) in [6.45, 7) is 1.79. The molecule has 0 saturated carbocycles. The Bertz CT molecular complexity index is 1020. The first-order valence-electron chi connectivity index (χ1n) is 7.12. The number of aromatic carboxylic acids is 1. The Kier molecular flexibility index (Phi) is 3.87. The van der Waals surface area contributed by atoms with E-state index in [4.69, 9.17) is 4.42 Å². The molecule has 0 aliphatic carbocycles. The van der Waals surface area contributed by atoms with Gasteiger partial charge in [-0.05, 0) is 30.7 Å². The molecule has 6 heteroatoms. The lowest BCUT2D eigenvalue weighted by molar-refractivity contribution is -0.255. The number of carbonyl (C=O) groups excluding carboxylic acids is 2. The first-order valence-corrected chi connectivity index (χ1v) is 7.12. The Balaban J connectivity index is 1.97. The molecule has 0 radical (unpaired) electrons. The van der Waals surface area contributed by atoms with E-state index < -0.39 is 17.5 Å². The molecule has 2 aromatic carbocycles. The van der Waals surface area contributed by atoms with Gasteiger partial charge in [-0.3, -0.25) is 4.79 Å². The van der Waals surface area contributed by atoms with E-state index in [-0.39, 0.29) is 11.1 Å². The molecule has 1 N–H and O–H groups in total. The van der Waals surface area contributed by atoms with Crippen LogP contribution >= 0.6 is 0 Å². The normalized spacial score (nSPS) is 10.5. The minimum atomic E-state index is -1.43. The largest absolute Gasteiger partial charge is 0.545 e. The standard InChI is InChI=1S/C18H13NO5/c1-10-8-16(20)24-15-9-11(6-7-12(10)15)19-17(21)13-4-2-3-5-14(13)18(22)23/h2-9H,1H3,(H,19,21)(H,22,23)/p-1. The van der Waals surface area contributed by atoms with E-state index in [0.717, 1.165) is 10.9 Å². The first-order chi connectivity index (χ1) is 11.5. The molecule has 0 unspecified atom stereocenters. The molecule has 0 bridgehead atoms. The van der Waals surface area contributed by atoms with Crippen LogP contribution < -0.4 is 16.0 Å². The van der Waals surface area contributed by atoms with Gasteiger partial charge in [0.1, 0.15) is 5.58 Å². The number of amides is 1. The average molecular weight is 322 g/mol. The van der Waals surface area contributed by atoms with Crippen LogP contribution in [0.1, 0.15) is 26.3 Å². The van der Waals surface area contributed by atoms with Crippen molar-refractivity contribution in [3.05, 3.63) is 75.6 Å². The second-order valence-electron chi connectivity index (χ2n) is 5.25. The number of nitrogens with one attached hydrogen (secondary N) is 1. The highest BCUT2D eigenvalue weighted by Crippen LogP contribution is 2.21. The third kappa shape index (κ3) is 2.89. The fourth-order valence-electron chi connectivity index (χ4n) is 2.46. The van der Waals surface area contributed by atoms with E-state index in [2.05, 4.69) is 5.32 Å². The molecule has 1 heterocycles. The van der Waals surface area contributed by atoms with Crippen molar-refractivity contribution in [1.29, 1.82) is 0 Å². The molecule has 0 aliphatic rings. The van der Waals surface area contributed by atoms with E-state index in [1.54, 1.807) is 25.1 Å². The van der Waals surface area contributed by atoms with Crippen molar-refractivity contribution in [1.82, 2.24) is 0 Å². The van der Waals surface area contributed by atoms with E-state index in [0.29, 0.717) is 11.3 Å². The van der Waals surface area contributed by atoms with Gasteiger partial charge in [-0.1, -0.05) is 18.2 Å². The van der Waals surface area contributed by atoms with E-state index >= 15 is 0 Å². The van der Waals surface area contributed by atoms with Gasteiger partial charge in [0.15, 0.2) is 0 Å². The quantitative estimate of drug-likeness (QED) is 0.740. The number of hydrogen-bond acceptors (Lipinski definition) is 5. The molecule has 3 rings (SSSR count). The number of rotatable bonds is 3. The van der Waals surface area contributed by atoms with Crippen LogP contribution in [0.3, 0.4) is 0 Å². The van der Waals surface area contributed by atoms with Crippen LogP contribution in [0.4, 0.5) is 5.69 Å². The first kappa shape index (κ1) is 15.5. The van der Waals surface area contributed by atoms with Crippen molar-refractivity contribution < 1.29 is 19.1 Å². The molecule has 1 aromatic heterocycles. The summed E-state index contributed by atoms with van der Waals surface area (Å²) < 4.78 is 5.12. The average Bonchev–Trinajstić information content (AvgIpc) is 2.54. The van der Waals surface area contributed by atoms with Crippen LogP contribution in [0.15, 0.2) is 57.7 Å². The minimum Gasteiger partial charge on any atom is -0.545 e. The lowest BCUT2D eigenvalue weighted by Gasteiger charge is -2.11. The second-order valence-corrected chi connectivity index (χ2v) is 5.25. The summed E-state index contributed by atoms with van der Waals surface area (Å²) >= 11 is 0. The van der Waals surface area contributed by atoms with Gasteiger partial charge in [0.05, 0.1) is 5.97 Å². The molecule has 0 atom stereocenters. The van der Waals surface area contributed by atoms with Crippen molar-refractivity contribution in [2.75, 3.05) is 5.32 Å². The molecule has 0 aliphatic heterocycles. The smallest absolute Gasteiger partial charge is 0.336 e. The Labute approximate surface area is 136 Å². The molecule has 0 saturated heterocycles. The highest BCUT2D eigenvalue weighted by molar-refractivity contribution is 6.10. The number of anilines is 1. The van der Waals surface area contributed by atoms with Crippen molar-refractivity contribution in [3.63, 3.8) is 0 Å². The topological polar surface area (TPSA) is 99.4 Å². The number of carboxylic acid groups (broad SMARTS) is 1. The van der Waals surface area contributed by atoms with E-state index in [9.17, 15) is 19.5 Å². The number of carboxylic acids is 1. The van der Waals surface area contributed by atoms with Crippen LogP contribution in [-0.2, 0) is 0 Å². The van der Waals surface area contributed by atoms with Crippen molar-refractivity contribution in [3.8, 4) is 0 Å². The zero-order valence-electron chi connectivity index (χ0n) is 12.7. The molecular formula is C18H12NO5-. The SMILES string of the molecule is Cc1cc(=O)oc2cc(NC(=O)c3ccccc3C(=O)[O-])ccc12. The van der Waals surface area contributed by atoms with Gasteiger partial charge in [-0.2, -0.15) is 0 Å². The Morgan fingerprint density at radius 3 is 2.46 bits per heavy atom. The summed E-state index contributed by atoms with van der Waals surface area (Å²) in [7, 11) is 0. The zero-order chi connectivity index (χ0) is 17.3. The third-order valence-corrected chi connectivity index (χ3v) is 3.60. The van der Waals surface area contributed by atoms with Gasteiger partial charge in [-0.25, -0.2) is 4.79 Å². The number of hydrogen-bond donors (Lipinski definition) is 1. The van der Waals surface area contributed by atoms with Crippen molar-refractivity contribution >= 4 is 28.5 Å². The third-order valence-electron chi connectivity index (χ3n) is 3.60.